The van der Waals surface area contributed by atoms with Crippen LogP contribution in [0.1, 0.15) is 16.8 Å². The summed E-state index contributed by atoms with van der Waals surface area (Å²) >= 11 is 0. The highest BCUT2D eigenvalue weighted by Crippen LogP contribution is 2.23. The molecule has 0 amide bonds. The molecule has 0 radical (unpaired) electrons. The molecule has 0 N–H and O–H groups in total. The van der Waals surface area contributed by atoms with Crippen molar-refractivity contribution >= 4 is 5.78 Å². The van der Waals surface area contributed by atoms with E-state index >= 15 is 0 Å². The van der Waals surface area contributed by atoms with Crippen LogP contribution in [0.2, 0.25) is 0 Å². The number of aryl methyl sites for hydroxylation is 3. The fourth-order valence-electron chi connectivity index (χ4n) is 2.13. The van der Waals surface area contributed by atoms with Crippen molar-refractivity contribution in [2.24, 2.45) is 0 Å². The highest BCUT2D eigenvalue weighted by atomic mass is 15.1. The van der Waals surface area contributed by atoms with Crippen LogP contribution >= 0.6 is 0 Å². The second-order valence-corrected chi connectivity index (χ2v) is 4.71. The summed E-state index contributed by atoms with van der Waals surface area (Å²) in [4.78, 5) is 8.96. The maximum Gasteiger partial charge on any atom is 0.234 e. The SMILES string of the molecule is Cc1ccc(-c2nc3ncc(C)cn3c2C)cc1. The lowest BCUT2D eigenvalue weighted by atomic mass is 10.1. The van der Waals surface area contributed by atoms with Gasteiger partial charge in [-0.05, 0) is 26.3 Å². The Kier molecular flexibility index (Phi) is 2.40. The summed E-state index contributed by atoms with van der Waals surface area (Å²) in [6, 6.07) is 8.43. The Morgan fingerprint density at radius 3 is 2.39 bits per heavy atom. The summed E-state index contributed by atoms with van der Waals surface area (Å²) in [5.41, 5.74) is 5.67. The molecule has 0 atom stereocenters. The number of imidazole rings is 1. The molecule has 3 aromatic rings. The molecule has 3 heteroatoms. The van der Waals surface area contributed by atoms with Crippen molar-refractivity contribution in [2.45, 2.75) is 20.8 Å². The molecule has 0 saturated carbocycles. The normalized spacial score (nSPS) is 11.1. The van der Waals surface area contributed by atoms with E-state index in [0.717, 1.165) is 28.3 Å². The minimum absolute atomic E-state index is 0.758. The van der Waals surface area contributed by atoms with E-state index in [-0.39, 0.29) is 0 Å². The van der Waals surface area contributed by atoms with Crippen LogP contribution in [0, 0.1) is 20.8 Å². The Labute approximate surface area is 106 Å². The van der Waals surface area contributed by atoms with Gasteiger partial charge in [0.2, 0.25) is 5.78 Å². The predicted octanol–water partition coefficient (Wildman–Crippen LogP) is 3.32. The Morgan fingerprint density at radius 1 is 0.944 bits per heavy atom. The average molecular weight is 237 g/mol. The summed E-state index contributed by atoms with van der Waals surface area (Å²) in [7, 11) is 0. The van der Waals surface area contributed by atoms with Gasteiger partial charge < -0.3 is 0 Å². The number of benzene rings is 1. The first kappa shape index (κ1) is 11.0. The number of hydrogen-bond donors (Lipinski definition) is 0. The van der Waals surface area contributed by atoms with Crippen LogP contribution in [0.25, 0.3) is 17.0 Å². The lowest BCUT2D eigenvalue weighted by molar-refractivity contribution is 1.04. The van der Waals surface area contributed by atoms with E-state index < -0.39 is 0 Å². The standard InChI is InChI=1S/C15H15N3/c1-10-4-6-13(7-5-10)14-12(3)18-9-11(2)8-16-15(18)17-14/h4-9H,1-3H3. The molecule has 0 aliphatic carbocycles. The van der Waals surface area contributed by atoms with Crippen molar-refractivity contribution < 1.29 is 0 Å². The summed E-state index contributed by atoms with van der Waals surface area (Å²) in [6.07, 6.45) is 3.92. The van der Waals surface area contributed by atoms with Gasteiger partial charge in [-0.3, -0.25) is 4.40 Å². The van der Waals surface area contributed by atoms with E-state index in [9.17, 15) is 0 Å². The van der Waals surface area contributed by atoms with E-state index in [1.807, 2.05) is 17.5 Å². The van der Waals surface area contributed by atoms with Crippen LogP contribution in [0.15, 0.2) is 36.7 Å². The molecule has 0 unspecified atom stereocenters. The molecule has 90 valence electrons. The molecule has 2 aromatic heterocycles. The molecule has 0 saturated heterocycles. The summed E-state index contributed by atoms with van der Waals surface area (Å²) in [5, 5.41) is 0. The van der Waals surface area contributed by atoms with Gasteiger partial charge in [0.25, 0.3) is 0 Å². The predicted molar refractivity (Wildman–Crippen MR) is 72.6 cm³/mol. The van der Waals surface area contributed by atoms with Gasteiger partial charge in [-0.1, -0.05) is 29.8 Å². The quantitative estimate of drug-likeness (QED) is 0.650. The minimum atomic E-state index is 0.758. The van der Waals surface area contributed by atoms with Crippen molar-refractivity contribution in [3.05, 3.63) is 53.5 Å². The van der Waals surface area contributed by atoms with Crippen LogP contribution in [-0.4, -0.2) is 14.4 Å². The van der Waals surface area contributed by atoms with Gasteiger partial charge in [0.05, 0.1) is 5.69 Å². The van der Waals surface area contributed by atoms with Gasteiger partial charge in [-0.2, -0.15) is 0 Å². The fraction of sp³-hybridized carbons (Fsp3) is 0.200. The van der Waals surface area contributed by atoms with Crippen LogP contribution in [-0.2, 0) is 0 Å². The van der Waals surface area contributed by atoms with Gasteiger partial charge in [0.1, 0.15) is 0 Å². The minimum Gasteiger partial charge on any atom is -0.288 e. The number of nitrogens with zero attached hydrogens (tertiary/aromatic N) is 3. The van der Waals surface area contributed by atoms with Crippen LogP contribution < -0.4 is 0 Å². The summed E-state index contributed by atoms with van der Waals surface area (Å²) in [6.45, 7) is 6.21. The van der Waals surface area contributed by atoms with Crippen molar-refractivity contribution in [3.8, 4) is 11.3 Å². The van der Waals surface area contributed by atoms with Crippen molar-refractivity contribution in [2.75, 3.05) is 0 Å². The van der Waals surface area contributed by atoms with Gasteiger partial charge in [-0.25, -0.2) is 9.97 Å². The number of rotatable bonds is 1. The molecular weight excluding hydrogens is 222 g/mol. The second-order valence-electron chi connectivity index (χ2n) is 4.71. The second kappa shape index (κ2) is 3.95. The monoisotopic (exact) mass is 237 g/mol. The topological polar surface area (TPSA) is 30.2 Å². The van der Waals surface area contributed by atoms with Crippen LogP contribution in [0.5, 0.6) is 0 Å². The maximum atomic E-state index is 4.61. The van der Waals surface area contributed by atoms with E-state index in [1.165, 1.54) is 5.56 Å². The third kappa shape index (κ3) is 1.68. The zero-order valence-corrected chi connectivity index (χ0v) is 10.8. The maximum absolute atomic E-state index is 4.61. The molecule has 0 spiro atoms. The van der Waals surface area contributed by atoms with E-state index in [1.54, 1.807) is 0 Å². The van der Waals surface area contributed by atoms with Crippen LogP contribution in [0.3, 0.4) is 0 Å². The Balaban J connectivity index is 2.23. The third-order valence-corrected chi connectivity index (χ3v) is 3.17. The van der Waals surface area contributed by atoms with Crippen molar-refractivity contribution in [3.63, 3.8) is 0 Å². The van der Waals surface area contributed by atoms with Gasteiger partial charge in [-0.15, -0.1) is 0 Å². The van der Waals surface area contributed by atoms with Crippen LogP contribution in [0.4, 0.5) is 0 Å². The van der Waals surface area contributed by atoms with E-state index in [4.69, 9.17) is 0 Å². The molecule has 0 bridgehead atoms. The molecule has 3 rings (SSSR count). The fourth-order valence-corrected chi connectivity index (χ4v) is 2.13. The first-order chi connectivity index (χ1) is 8.65. The smallest absolute Gasteiger partial charge is 0.234 e. The first-order valence-electron chi connectivity index (χ1n) is 6.03. The average Bonchev–Trinajstić information content (AvgIpc) is 2.68. The highest BCUT2D eigenvalue weighted by molar-refractivity contribution is 5.65. The first-order valence-corrected chi connectivity index (χ1v) is 6.03. The number of aromatic nitrogens is 3. The largest absolute Gasteiger partial charge is 0.288 e. The lowest BCUT2D eigenvalue weighted by Gasteiger charge is -2.00. The van der Waals surface area contributed by atoms with Crippen molar-refractivity contribution in [1.82, 2.24) is 14.4 Å². The molecule has 1 aromatic carbocycles. The molecule has 0 aliphatic rings. The molecule has 3 nitrogen and oxygen atoms in total. The zero-order chi connectivity index (χ0) is 12.7. The molecule has 18 heavy (non-hydrogen) atoms. The van der Waals surface area contributed by atoms with Gasteiger partial charge in [0, 0.05) is 23.7 Å². The van der Waals surface area contributed by atoms with Gasteiger partial charge >= 0.3 is 0 Å². The summed E-state index contributed by atoms with van der Waals surface area (Å²) < 4.78 is 2.05. The lowest BCUT2D eigenvalue weighted by Crippen LogP contribution is -1.91. The Morgan fingerprint density at radius 2 is 1.67 bits per heavy atom. The van der Waals surface area contributed by atoms with Gasteiger partial charge in [0.15, 0.2) is 0 Å². The Bertz CT molecular complexity index is 708. The summed E-state index contributed by atoms with van der Waals surface area (Å²) in [5.74, 6) is 0.758. The molecular formula is C15H15N3. The highest BCUT2D eigenvalue weighted by Gasteiger charge is 2.10. The third-order valence-electron chi connectivity index (χ3n) is 3.17. The van der Waals surface area contributed by atoms with E-state index in [0.29, 0.717) is 0 Å². The van der Waals surface area contributed by atoms with E-state index in [2.05, 4.69) is 54.3 Å². The number of fused-ring (bicyclic) bond motifs is 1. The molecule has 0 fully saturated rings. The molecule has 2 heterocycles. The van der Waals surface area contributed by atoms with Crippen molar-refractivity contribution in [1.29, 1.82) is 0 Å². The number of hydrogen-bond acceptors (Lipinski definition) is 2. The molecule has 0 aliphatic heterocycles. The Hall–Kier alpha value is -2.16. The zero-order valence-electron chi connectivity index (χ0n) is 10.8.